The van der Waals surface area contributed by atoms with E-state index in [0.717, 1.165) is 28.0 Å². The third-order valence-electron chi connectivity index (χ3n) is 3.19. The van der Waals surface area contributed by atoms with Crippen LogP contribution in [-0.2, 0) is 6.42 Å². The summed E-state index contributed by atoms with van der Waals surface area (Å²) >= 11 is 3.43. The molecule has 0 radical (unpaired) electrons. The Morgan fingerprint density at radius 3 is 2.58 bits per heavy atom. The lowest BCUT2D eigenvalue weighted by molar-refractivity contribution is 0.174. The molecule has 1 atom stereocenters. The summed E-state index contributed by atoms with van der Waals surface area (Å²) in [7, 11) is 0. The molecule has 98 valence electrons. The number of hydrogen-bond donors (Lipinski definition) is 1. The first-order valence-electron chi connectivity index (χ1n) is 6.12. The first kappa shape index (κ1) is 12.5. The van der Waals surface area contributed by atoms with Crippen LogP contribution in [0.25, 0.3) is 0 Å². The van der Waals surface area contributed by atoms with Gasteiger partial charge in [0, 0.05) is 10.5 Å². The van der Waals surface area contributed by atoms with Crippen LogP contribution in [0.4, 0.5) is 0 Å². The fourth-order valence-electron chi connectivity index (χ4n) is 2.14. The predicted molar refractivity (Wildman–Crippen MR) is 77.3 cm³/mol. The van der Waals surface area contributed by atoms with Crippen molar-refractivity contribution >= 4 is 15.9 Å². The van der Waals surface area contributed by atoms with E-state index >= 15 is 0 Å². The summed E-state index contributed by atoms with van der Waals surface area (Å²) in [5, 5.41) is 0. The molecular formula is C15H14BrNO2. The van der Waals surface area contributed by atoms with Gasteiger partial charge in [-0.2, -0.15) is 0 Å². The Kier molecular flexibility index (Phi) is 3.44. The second-order valence-corrected chi connectivity index (χ2v) is 5.47. The average molecular weight is 320 g/mol. The topological polar surface area (TPSA) is 44.5 Å². The Balaban J connectivity index is 1.76. The maximum atomic E-state index is 6.25. The molecule has 1 heterocycles. The highest BCUT2D eigenvalue weighted by molar-refractivity contribution is 9.10. The van der Waals surface area contributed by atoms with Gasteiger partial charge in [-0.1, -0.05) is 34.1 Å². The fraction of sp³-hybridized carbons (Fsp3) is 0.200. The quantitative estimate of drug-likeness (QED) is 0.942. The summed E-state index contributed by atoms with van der Waals surface area (Å²) in [6.45, 7) is 0.292. The minimum Gasteiger partial charge on any atom is -0.454 e. The van der Waals surface area contributed by atoms with E-state index in [1.807, 2.05) is 30.3 Å². The molecule has 1 aliphatic rings. The SMILES string of the molecule is NC(Cc1ccc(Br)cc1)c1ccc2c(c1)OCO2. The van der Waals surface area contributed by atoms with Crippen molar-refractivity contribution in [3.63, 3.8) is 0 Å². The van der Waals surface area contributed by atoms with Crippen LogP contribution in [-0.4, -0.2) is 6.79 Å². The maximum absolute atomic E-state index is 6.25. The van der Waals surface area contributed by atoms with E-state index in [1.165, 1.54) is 5.56 Å². The van der Waals surface area contributed by atoms with Gasteiger partial charge in [0.05, 0.1) is 0 Å². The molecule has 2 aromatic carbocycles. The minimum atomic E-state index is -0.0457. The van der Waals surface area contributed by atoms with Crippen molar-refractivity contribution in [2.75, 3.05) is 6.79 Å². The molecule has 0 fully saturated rings. The van der Waals surface area contributed by atoms with Crippen LogP contribution in [0, 0.1) is 0 Å². The highest BCUT2D eigenvalue weighted by atomic mass is 79.9. The molecule has 3 rings (SSSR count). The maximum Gasteiger partial charge on any atom is 0.231 e. The molecule has 0 saturated heterocycles. The molecule has 0 aromatic heterocycles. The molecule has 3 nitrogen and oxygen atoms in total. The summed E-state index contributed by atoms with van der Waals surface area (Å²) < 4.78 is 11.7. The Labute approximate surface area is 120 Å². The third-order valence-corrected chi connectivity index (χ3v) is 3.72. The Morgan fingerprint density at radius 1 is 1.05 bits per heavy atom. The van der Waals surface area contributed by atoms with Crippen LogP contribution in [0.2, 0.25) is 0 Å². The molecule has 1 unspecified atom stereocenters. The van der Waals surface area contributed by atoms with E-state index in [9.17, 15) is 0 Å². The summed E-state index contributed by atoms with van der Waals surface area (Å²) in [6.07, 6.45) is 0.799. The van der Waals surface area contributed by atoms with Crippen molar-refractivity contribution in [1.29, 1.82) is 0 Å². The van der Waals surface area contributed by atoms with Crippen LogP contribution < -0.4 is 15.2 Å². The van der Waals surface area contributed by atoms with Crippen molar-refractivity contribution in [1.82, 2.24) is 0 Å². The van der Waals surface area contributed by atoms with E-state index in [1.54, 1.807) is 0 Å². The second-order valence-electron chi connectivity index (χ2n) is 4.55. The van der Waals surface area contributed by atoms with Gasteiger partial charge in [-0.3, -0.25) is 0 Å². The Hall–Kier alpha value is -1.52. The van der Waals surface area contributed by atoms with Crippen LogP contribution in [0.1, 0.15) is 17.2 Å². The zero-order valence-corrected chi connectivity index (χ0v) is 11.9. The highest BCUT2D eigenvalue weighted by Gasteiger charge is 2.16. The minimum absolute atomic E-state index is 0.0457. The standard InChI is InChI=1S/C15H14BrNO2/c16-12-4-1-10(2-5-12)7-13(17)11-3-6-14-15(8-11)19-9-18-14/h1-6,8,13H,7,9,17H2. The van der Waals surface area contributed by atoms with Crippen molar-refractivity contribution < 1.29 is 9.47 Å². The third kappa shape index (κ3) is 2.74. The van der Waals surface area contributed by atoms with Gasteiger partial charge >= 0.3 is 0 Å². The van der Waals surface area contributed by atoms with Gasteiger partial charge in [0.1, 0.15) is 0 Å². The monoisotopic (exact) mass is 319 g/mol. The molecule has 19 heavy (non-hydrogen) atoms. The van der Waals surface area contributed by atoms with Gasteiger partial charge in [-0.15, -0.1) is 0 Å². The van der Waals surface area contributed by atoms with E-state index in [4.69, 9.17) is 15.2 Å². The zero-order chi connectivity index (χ0) is 13.2. The van der Waals surface area contributed by atoms with Crippen LogP contribution in [0.3, 0.4) is 0 Å². The normalized spacial score (nSPS) is 14.4. The lowest BCUT2D eigenvalue weighted by atomic mass is 9.99. The van der Waals surface area contributed by atoms with Crippen LogP contribution in [0.5, 0.6) is 11.5 Å². The summed E-state index contributed by atoms with van der Waals surface area (Å²) in [5.41, 5.74) is 8.53. The second kappa shape index (κ2) is 5.23. The van der Waals surface area contributed by atoms with Gasteiger partial charge in [0.15, 0.2) is 11.5 Å². The average Bonchev–Trinajstić information content (AvgIpc) is 2.88. The molecule has 2 aromatic rings. The molecular weight excluding hydrogens is 306 g/mol. The van der Waals surface area contributed by atoms with Crippen molar-refractivity contribution in [3.8, 4) is 11.5 Å². The Bertz CT molecular complexity index is 583. The van der Waals surface area contributed by atoms with Crippen molar-refractivity contribution in [3.05, 3.63) is 58.1 Å². The van der Waals surface area contributed by atoms with E-state index in [-0.39, 0.29) is 6.04 Å². The molecule has 0 aliphatic carbocycles. The summed E-state index contributed by atoms with van der Waals surface area (Å²) in [5.74, 6) is 1.57. The molecule has 2 N–H and O–H groups in total. The molecule has 4 heteroatoms. The van der Waals surface area contributed by atoms with Gasteiger partial charge in [0.2, 0.25) is 6.79 Å². The number of ether oxygens (including phenoxy) is 2. The lowest BCUT2D eigenvalue weighted by Crippen LogP contribution is -2.13. The number of benzene rings is 2. The van der Waals surface area contributed by atoms with Crippen molar-refractivity contribution in [2.24, 2.45) is 5.73 Å². The predicted octanol–water partition coefficient (Wildman–Crippen LogP) is 3.42. The Morgan fingerprint density at radius 2 is 1.79 bits per heavy atom. The molecule has 0 saturated carbocycles. The number of nitrogens with two attached hydrogens (primary N) is 1. The number of hydrogen-bond acceptors (Lipinski definition) is 3. The first-order valence-corrected chi connectivity index (χ1v) is 6.91. The number of rotatable bonds is 3. The first-order chi connectivity index (χ1) is 9.22. The van der Waals surface area contributed by atoms with Crippen molar-refractivity contribution in [2.45, 2.75) is 12.5 Å². The lowest BCUT2D eigenvalue weighted by Gasteiger charge is -2.13. The highest BCUT2D eigenvalue weighted by Crippen LogP contribution is 2.34. The van der Waals surface area contributed by atoms with E-state index in [0.29, 0.717) is 6.79 Å². The summed E-state index contributed by atoms with van der Waals surface area (Å²) in [4.78, 5) is 0. The van der Waals surface area contributed by atoms with Crippen LogP contribution in [0.15, 0.2) is 46.9 Å². The van der Waals surface area contributed by atoms with Gasteiger partial charge in [-0.05, 0) is 41.8 Å². The van der Waals surface area contributed by atoms with Crippen LogP contribution >= 0.6 is 15.9 Å². The van der Waals surface area contributed by atoms with Gasteiger partial charge in [-0.25, -0.2) is 0 Å². The largest absolute Gasteiger partial charge is 0.454 e. The molecule has 1 aliphatic heterocycles. The zero-order valence-electron chi connectivity index (χ0n) is 10.3. The van der Waals surface area contributed by atoms with E-state index in [2.05, 4.69) is 28.1 Å². The number of halogens is 1. The van der Waals surface area contributed by atoms with E-state index < -0.39 is 0 Å². The smallest absolute Gasteiger partial charge is 0.231 e. The summed E-state index contributed by atoms with van der Waals surface area (Å²) in [6, 6.07) is 14.1. The molecule has 0 amide bonds. The van der Waals surface area contributed by atoms with Gasteiger partial charge < -0.3 is 15.2 Å². The van der Waals surface area contributed by atoms with Gasteiger partial charge in [0.25, 0.3) is 0 Å². The number of fused-ring (bicyclic) bond motifs is 1. The molecule has 0 bridgehead atoms. The molecule has 0 spiro atoms. The fourth-order valence-corrected chi connectivity index (χ4v) is 2.40.